The van der Waals surface area contributed by atoms with E-state index in [0.29, 0.717) is 16.5 Å². The topological polar surface area (TPSA) is 26.0 Å². The van der Waals surface area contributed by atoms with E-state index in [1.165, 1.54) is 31.7 Å². The molecule has 98 valence electrons. The first-order valence-electron chi connectivity index (χ1n) is 6.84. The molecule has 2 fully saturated rings. The first-order chi connectivity index (χ1) is 8.63. The smallest absolute Gasteiger partial charge is 0.128 e. The van der Waals surface area contributed by atoms with Crippen LogP contribution < -0.4 is 5.73 Å². The summed E-state index contributed by atoms with van der Waals surface area (Å²) in [5.74, 6) is 2.21. The lowest BCUT2D eigenvalue weighted by atomic mass is 9.83. The van der Waals surface area contributed by atoms with Crippen LogP contribution in [0.2, 0.25) is 5.02 Å². The molecular weight excluding hydrogens is 249 g/mol. The Balaban J connectivity index is 1.71. The molecular formula is C15H19ClFN. The summed E-state index contributed by atoms with van der Waals surface area (Å²) >= 11 is 5.92. The van der Waals surface area contributed by atoms with E-state index in [2.05, 4.69) is 0 Å². The normalized spacial score (nSPS) is 31.8. The van der Waals surface area contributed by atoms with Crippen LogP contribution in [0.4, 0.5) is 4.39 Å². The van der Waals surface area contributed by atoms with Crippen molar-refractivity contribution in [1.82, 2.24) is 0 Å². The van der Waals surface area contributed by atoms with Gasteiger partial charge in [-0.25, -0.2) is 4.39 Å². The summed E-state index contributed by atoms with van der Waals surface area (Å²) in [7, 11) is 0. The van der Waals surface area contributed by atoms with Crippen molar-refractivity contribution < 1.29 is 4.39 Å². The van der Waals surface area contributed by atoms with E-state index >= 15 is 0 Å². The van der Waals surface area contributed by atoms with Gasteiger partial charge in [0.25, 0.3) is 0 Å². The summed E-state index contributed by atoms with van der Waals surface area (Å²) in [4.78, 5) is 0. The lowest BCUT2D eigenvalue weighted by Gasteiger charge is -2.25. The fraction of sp³-hybridized carbons (Fsp3) is 0.600. The average molecular weight is 268 g/mol. The third kappa shape index (κ3) is 2.28. The largest absolute Gasteiger partial charge is 0.324 e. The zero-order valence-corrected chi connectivity index (χ0v) is 11.2. The highest BCUT2D eigenvalue weighted by atomic mass is 35.5. The molecule has 2 N–H and O–H groups in total. The Morgan fingerprint density at radius 3 is 2.83 bits per heavy atom. The molecule has 2 aliphatic carbocycles. The number of benzene rings is 1. The Morgan fingerprint density at radius 1 is 1.33 bits per heavy atom. The lowest BCUT2D eigenvalue weighted by molar-refractivity contribution is 0.294. The van der Waals surface area contributed by atoms with Crippen LogP contribution in [0, 0.1) is 23.6 Å². The zero-order chi connectivity index (χ0) is 12.7. The van der Waals surface area contributed by atoms with Crippen molar-refractivity contribution in [3.63, 3.8) is 0 Å². The van der Waals surface area contributed by atoms with Crippen molar-refractivity contribution in [3.8, 4) is 0 Å². The molecule has 4 atom stereocenters. The maximum atomic E-state index is 13.7. The molecule has 2 aliphatic rings. The molecule has 1 nitrogen and oxygen atoms in total. The van der Waals surface area contributed by atoms with Gasteiger partial charge in [0.05, 0.1) is 0 Å². The number of hydrogen-bond acceptors (Lipinski definition) is 1. The highest BCUT2D eigenvalue weighted by Crippen LogP contribution is 2.50. The van der Waals surface area contributed by atoms with Gasteiger partial charge in [-0.15, -0.1) is 0 Å². The fourth-order valence-corrected chi connectivity index (χ4v) is 4.10. The van der Waals surface area contributed by atoms with Gasteiger partial charge in [-0.05, 0) is 61.6 Å². The van der Waals surface area contributed by atoms with Gasteiger partial charge in [-0.3, -0.25) is 0 Å². The zero-order valence-electron chi connectivity index (χ0n) is 10.4. The molecule has 0 saturated heterocycles. The van der Waals surface area contributed by atoms with Crippen LogP contribution in [0.3, 0.4) is 0 Å². The predicted molar refractivity (Wildman–Crippen MR) is 71.9 cm³/mol. The van der Waals surface area contributed by atoms with Crippen molar-refractivity contribution in [3.05, 3.63) is 34.6 Å². The summed E-state index contributed by atoms with van der Waals surface area (Å²) in [6.45, 7) is 0. The highest BCUT2D eigenvalue weighted by Gasteiger charge is 2.40. The molecule has 18 heavy (non-hydrogen) atoms. The Labute approximate surface area is 113 Å². The van der Waals surface area contributed by atoms with Crippen molar-refractivity contribution >= 4 is 11.6 Å². The molecule has 0 spiro atoms. The monoisotopic (exact) mass is 267 g/mol. The Kier molecular flexibility index (Phi) is 3.33. The van der Waals surface area contributed by atoms with Gasteiger partial charge in [0.1, 0.15) is 5.82 Å². The van der Waals surface area contributed by atoms with Crippen LogP contribution in [0.5, 0.6) is 0 Å². The van der Waals surface area contributed by atoms with E-state index in [1.807, 2.05) is 0 Å². The maximum absolute atomic E-state index is 13.7. The maximum Gasteiger partial charge on any atom is 0.128 e. The standard InChI is InChI=1S/C15H19ClFN/c16-12-3-4-14(17)13(8-12)15(18)7-11-6-9-1-2-10(11)5-9/h3-4,8-11,15H,1-2,5-7,18H2. The number of fused-ring (bicyclic) bond motifs is 2. The Bertz CT molecular complexity index is 448. The quantitative estimate of drug-likeness (QED) is 0.868. The molecule has 1 aromatic carbocycles. The molecule has 4 unspecified atom stereocenters. The van der Waals surface area contributed by atoms with Gasteiger partial charge < -0.3 is 5.73 Å². The lowest BCUT2D eigenvalue weighted by Crippen LogP contribution is -2.20. The molecule has 0 amide bonds. The molecule has 0 aliphatic heterocycles. The van der Waals surface area contributed by atoms with E-state index in [9.17, 15) is 4.39 Å². The molecule has 0 heterocycles. The Hall–Kier alpha value is -0.600. The van der Waals surface area contributed by atoms with Gasteiger partial charge in [0.15, 0.2) is 0 Å². The van der Waals surface area contributed by atoms with Gasteiger partial charge in [-0.2, -0.15) is 0 Å². The first kappa shape index (κ1) is 12.4. The highest BCUT2D eigenvalue weighted by molar-refractivity contribution is 6.30. The van der Waals surface area contributed by atoms with Crippen molar-refractivity contribution in [2.45, 2.75) is 38.1 Å². The second kappa shape index (κ2) is 4.82. The van der Waals surface area contributed by atoms with Crippen LogP contribution >= 0.6 is 11.6 Å². The van der Waals surface area contributed by atoms with E-state index in [0.717, 1.165) is 18.3 Å². The third-order valence-corrected chi connectivity index (χ3v) is 5.03. The van der Waals surface area contributed by atoms with Gasteiger partial charge in [0, 0.05) is 16.6 Å². The van der Waals surface area contributed by atoms with Gasteiger partial charge >= 0.3 is 0 Å². The van der Waals surface area contributed by atoms with Crippen molar-refractivity contribution in [2.24, 2.45) is 23.5 Å². The van der Waals surface area contributed by atoms with Crippen LogP contribution in [-0.4, -0.2) is 0 Å². The minimum absolute atomic E-state index is 0.215. The first-order valence-corrected chi connectivity index (χ1v) is 7.22. The number of halogens is 2. The van der Waals surface area contributed by atoms with Gasteiger partial charge in [-0.1, -0.05) is 18.0 Å². The molecule has 2 saturated carbocycles. The second-order valence-corrected chi connectivity index (χ2v) is 6.38. The summed E-state index contributed by atoms with van der Waals surface area (Å²) < 4.78 is 13.7. The second-order valence-electron chi connectivity index (χ2n) is 5.94. The predicted octanol–water partition coefficient (Wildman–Crippen LogP) is 4.31. The minimum Gasteiger partial charge on any atom is -0.324 e. The van der Waals surface area contributed by atoms with Crippen LogP contribution in [0.25, 0.3) is 0 Å². The number of rotatable bonds is 3. The molecule has 3 heteroatoms. The average Bonchev–Trinajstić information content (AvgIpc) is 2.94. The van der Waals surface area contributed by atoms with Crippen LogP contribution in [-0.2, 0) is 0 Å². The SMILES string of the molecule is NC(CC1CC2CCC1C2)c1cc(Cl)ccc1F. The summed E-state index contributed by atoms with van der Waals surface area (Å²) in [5.41, 5.74) is 6.75. The van der Waals surface area contributed by atoms with Crippen LogP contribution in [0.15, 0.2) is 18.2 Å². The molecule has 1 aromatic rings. The molecule has 0 radical (unpaired) electrons. The van der Waals surface area contributed by atoms with Crippen molar-refractivity contribution in [2.75, 3.05) is 0 Å². The summed E-state index contributed by atoms with van der Waals surface area (Å²) in [6.07, 6.45) is 6.30. The molecule has 3 rings (SSSR count). The number of nitrogens with two attached hydrogens (primary N) is 1. The van der Waals surface area contributed by atoms with E-state index in [1.54, 1.807) is 12.1 Å². The number of hydrogen-bond donors (Lipinski definition) is 1. The van der Waals surface area contributed by atoms with E-state index < -0.39 is 0 Å². The van der Waals surface area contributed by atoms with Crippen LogP contribution in [0.1, 0.15) is 43.7 Å². The van der Waals surface area contributed by atoms with E-state index in [4.69, 9.17) is 17.3 Å². The van der Waals surface area contributed by atoms with Crippen molar-refractivity contribution in [1.29, 1.82) is 0 Å². The minimum atomic E-state index is -0.227. The fourth-order valence-electron chi connectivity index (χ4n) is 3.92. The summed E-state index contributed by atoms with van der Waals surface area (Å²) in [6, 6.07) is 4.45. The molecule has 2 bridgehead atoms. The van der Waals surface area contributed by atoms with E-state index in [-0.39, 0.29) is 11.9 Å². The molecule has 0 aromatic heterocycles. The third-order valence-electron chi connectivity index (χ3n) is 4.80. The summed E-state index contributed by atoms with van der Waals surface area (Å²) in [5, 5.41) is 0.565. The van der Waals surface area contributed by atoms with Gasteiger partial charge in [0.2, 0.25) is 0 Å². The Morgan fingerprint density at radius 2 is 2.17 bits per heavy atom.